The van der Waals surface area contributed by atoms with Crippen LogP contribution in [-0.4, -0.2) is 9.97 Å². The van der Waals surface area contributed by atoms with Crippen LogP contribution in [0.4, 0.5) is 0 Å². The molecule has 1 N–H and O–H groups in total. The first-order valence-corrected chi connectivity index (χ1v) is 17.7. The summed E-state index contributed by atoms with van der Waals surface area (Å²) >= 11 is 3.71. The second kappa shape index (κ2) is 11.1. The summed E-state index contributed by atoms with van der Waals surface area (Å²) in [6.45, 7) is 0. The molecule has 0 saturated heterocycles. The molecule has 0 bridgehead atoms. The van der Waals surface area contributed by atoms with Crippen LogP contribution in [0.1, 0.15) is 17.2 Å². The van der Waals surface area contributed by atoms with Crippen LogP contribution in [0.5, 0.6) is 0 Å². The number of nitrogens with zero attached hydrogens (tertiary/aromatic N) is 2. The lowest BCUT2D eigenvalue weighted by Gasteiger charge is -2.24. The molecule has 8 aromatic rings. The number of aromatic nitrogens is 2. The molecule has 0 spiro atoms. The molecule has 0 amide bonds. The minimum absolute atomic E-state index is 0.154. The monoisotopic (exact) mass is 649 g/mol. The molecule has 4 heterocycles. The van der Waals surface area contributed by atoms with Gasteiger partial charge in [-0.05, 0) is 34.5 Å². The molecule has 3 nitrogen and oxygen atoms in total. The van der Waals surface area contributed by atoms with E-state index in [0.717, 1.165) is 45.2 Å². The Morgan fingerprint density at radius 1 is 0.542 bits per heavy atom. The lowest BCUT2D eigenvalue weighted by atomic mass is 9.97. The normalized spacial score (nSPS) is 14.9. The summed E-state index contributed by atoms with van der Waals surface area (Å²) < 4.78 is 2.53. The summed E-state index contributed by atoms with van der Waals surface area (Å²) in [5, 5.41) is 9.01. The third kappa shape index (κ3) is 4.43. The van der Waals surface area contributed by atoms with Gasteiger partial charge in [-0.15, -0.1) is 11.3 Å². The number of hydrogen-bond acceptors (Lipinski definition) is 5. The molecular formula is C43H27N3S2. The van der Waals surface area contributed by atoms with Gasteiger partial charge in [0.05, 0.1) is 23.1 Å². The van der Waals surface area contributed by atoms with Gasteiger partial charge in [0.15, 0.2) is 5.82 Å². The molecular weight excluding hydrogens is 623 g/mol. The van der Waals surface area contributed by atoms with Crippen LogP contribution in [0.25, 0.3) is 64.7 Å². The van der Waals surface area contributed by atoms with Crippen molar-refractivity contribution in [2.24, 2.45) is 0 Å². The number of hydrogen-bond donors (Lipinski definition) is 1. The van der Waals surface area contributed by atoms with E-state index in [0.29, 0.717) is 0 Å². The minimum atomic E-state index is 0.154. The van der Waals surface area contributed by atoms with Crippen LogP contribution in [0.3, 0.4) is 0 Å². The van der Waals surface area contributed by atoms with Gasteiger partial charge in [0.2, 0.25) is 0 Å². The lowest BCUT2D eigenvalue weighted by Crippen LogP contribution is -2.40. The predicted octanol–water partition coefficient (Wildman–Crippen LogP) is 9.56. The zero-order valence-corrected chi connectivity index (χ0v) is 27.4. The van der Waals surface area contributed by atoms with E-state index >= 15 is 0 Å². The average Bonchev–Trinajstić information content (AvgIpc) is 3.74. The Labute approximate surface area is 286 Å². The standard InChI is InChI=1S/C43H27N3S2/c1-2-11-26(12-3-1)35-25-36(33-18-10-17-31-29-13-6-8-19-37(29)47-41(31)33)45-43(44-35)28-23-21-27(22-24-28)39-30-14-4-5-15-32(30)42-40(46-39)34-16-7-9-20-38(34)48-42/h1-25,40,46H. The van der Waals surface area contributed by atoms with E-state index < -0.39 is 0 Å². The first-order chi connectivity index (χ1) is 23.8. The van der Waals surface area contributed by atoms with Crippen LogP contribution in [0, 0.1) is 0 Å². The van der Waals surface area contributed by atoms with Crippen LogP contribution >= 0.6 is 23.1 Å². The van der Waals surface area contributed by atoms with Crippen LogP contribution in [-0.2, 0) is 0 Å². The van der Waals surface area contributed by atoms with E-state index in [2.05, 4.69) is 151 Å². The van der Waals surface area contributed by atoms with Crippen LogP contribution in [0.15, 0.2) is 157 Å². The van der Waals surface area contributed by atoms with Gasteiger partial charge in [0.1, 0.15) is 0 Å². The minimum Gasteiger partial charge on any atom is -0.373 e. The summed E-state index contributed by atoms with van der Waals surface area (Å²) in [6, 6.07) is 54.1. The Bertz CT molecular complexity index is 2680. The van der Waals surface area contributed by atoms with Crippen LogP contribution < -0.4 is 15.8 Å². The number of thiophene rings is 1. The Morgan fingerprint density at radius 3 is 2.15 bits per heavy atom. The van der Waals surface area contributed by atoms with E-state index in [1.807, 2.05) is 29.2 Å². The highest BCUT2D eigenvalue weighted by Gasteiger charge is 2.32. The molecule has 1 atom stereocenters. The van der Waals surface area contributed by atoms with Crippen molar-refractivity contribution in [3.8, 4) is 33.9 Å². The number of thioether (sulfide) groups is 1. The first kappa shape index (κ1) is 27.6. The van der Waals surface area contributed by atoms with Gasteiger partial charge in [-0.3, -0.25) is 0 Å². The summed E-state index contributed by atoms with van der Waals surface area (Å²) in [6.07, 6.45) is 0. The quantitative estimate of drug-likeness (QED) is 0.206. The third-order valence-corrected chi connectivity index (χ3v) is 11.9. The lowest BCUT2D eigenvalue weighted by molar-refractivity contribution is 0.780. The number of fused-ring (bicyclic) bond motifs is 7. The molecule has 0 saturated carbocycles. The highest BCUT2D eigenvalue weighted by molar-refractivity contribution is 8.08. The SMILES string of the molecule is c1ccc(-c2cc(-c3cccc4c3sc3ccccc34)nc(-c3ccc(C4=c5ccccc5=C5Sc6ccccc6C5N4)cc3)n2)cc1. The molecule has 0 aliphatic carbocycles. The van der Waals surface area contributed by atoms with Gasteiger partial charge >= 0.3 is 0 Å². The predicted molar refractivity (Wildman–Crippen MR) is 201 cm³/mol. The zero-order valence-electron chi connectivity index (χ0n) is 25.7. The Kier molecular flexibility index (Phi) is 6.36. The van der Waals surface area contributed by atoms with Gasteiger partial charge in [-0.1, -0.05) is 145 Å². The molecule has 0 radical (unpaired) electrons. The Balaban J connectivity index is 1.11. The Hall–Kier alpha value is -5.49. The molecule has 0 fully saturated rings. The summed E-state index contributed by atoms with van der Waals surface area (Å²) in [4.78, 5) is 13.1. The fourth-order valence-electron chi connectivity index (χ4n) is 7.07. The van der Waals surface area contributed by atoms with E-state index in [9.17, 15) is 0 Å². The number of nitrogens with one attached hydrogen (secondary N) is 1. The highest BCUT2D eigenvalue weighted by atomic mass is 32.2. The summed E-state index contributed by atoms with van der Waals surface area (Å²) in [5.41, 5.74) is 8.67. The van der Waals surface area contributed by atoms with Gasteiger partial charge in [-0.25, -0.2) is 9.97 Å². The smallest absolute Gasteiger partial charge is 0.160 e. The van der Waals surface area contributed by atoms with Crippen molar-refractivity contribution in [1.82, 2.24) is 15.3 Å². The van der Waals surface area contributed by atoms with Crippen molar-refractivity contribution >= 4 is 53.9 Å². The Morgan fingerprint density at radius 2 is 1.25 bits per heavy atom. The van der Waals surface area contributed by atoms with Crippen molar-refractivity contribution in [2.75, 3.05) is 0 Å². The van der Waals surface area contributed by atoms with Crippen LogP contribution in [0.2, 0.25) is 0 Å². The van der Waals surface area contributed by atoms with Gasteiger partial charge in [0.25, 0.3) is 0 Å². The highest BCUT2D eigenvalue weighted by Crippen LogP contribution is 2.48. The maximum Gasteiger partial charge on any atom is 0.160 e. The van der Waals surface area contributed by atoms with Crippen molar-refractivity contribution in [3.05, 3.63) is 173 Å². The van der Waals surface area contributed by atoms with E-state index in [1.165, 1.54) is 46.0 Å². The summed E-state index contributed by atoms with van der Waals surface area (Å²) in [7, 11) is 0. The molecule has 2 aliphatic heterocycles. The second-order valence-corrected chi connectivity index (χ2v) is 14.3. The van der Waals surface area contributed by atoms with Gasteiger partial charge in [0, 0.05) is 51.9 Å². The fraction of sp³-hybridized carbons (Fsp3) is 0.0233. The average molecular weight is 650 g/mol. The topological polar surface area (TPSA) is 37.8 Å². The van der Waals surface area contributed by atoms with Gasteiger partial charge in [-0.2, -0.15) is 0 Å². The van der Waals surface area contributed by atoms with Crippen molar-refractivity contribution in [3.63, 3.8) is 0 Å². The molecule has 5 heteroatoms. The number of rotatable bonds is 4. The fourth-order valence-corrected chi connectivity index (χ4v) is 9.57. The molecule has 2 aliphatic rings. The zero-order chi connectivity index (χ0) is 31.6. The maximum atomic E-state index is 5.23. The molecule has 10 rings (SSSR count). The first-order valence-electron chi connectivity index (χ1n) is 16.1. The largest absolute Gasteiger partial charge is 0.373 e. The third-order valence-electron chi connectivity index (χ3n) is 9.37. The molecule has 2 aromatic heterocycles. The van der Waals surface area contributed by atoms with Crippen molar-refractivity contribution in [1.29, 1.82) is 0 Å². The number of benzene rings is 6. The summed E-state index contributed by atoms with van der Waals surface area (Å²) in [5.74, 6) is 0.717. The molecule has 226 valence electrons. The molecule has 48 heavy (non-hydrogen) atoms. The maximum absolute atomic E-state index is 5.23. The van der Waals surface area contributed by atoms with Gasteiger partial charge < -0.3 is 5.32 Å². The van der Waals surface area contributed by atoms with Crippen molar-refractivity contribution < 1.29 is 0 Å². The van der Waals surface area contributed by atoms with E-state index in [4.69, 9.17) is 9.97 Å². The van der Waals surface area contributed by atoms with E-state index in [1.54, 1.807) is 0 Å². The molecule has 1 unspecified atom stereocenters. The van der Waals surface area contributed by atoms with Crippen molar-refractivity contribution in [2.45, 2.75) is 10.9 Å². The molecule has 6 aromatic carbocycles. The second-order valence-electron chi connectivity index (χ2n) is 12.2. The van der Waals surface area contributed by atoms with E-state index in [-0.39, 0.29) is 6.04 Å².